The number of hydrogen-bond donors (Lipinski definition) is 0. The van der Waals surface area contributed by atoms with Gasteiger partial charge in [-0.1, -0.05) is 133 Å². The van der Waals surface area contributed by atoms with Gasteiger partial charge in [0.15, 0.2) is 0 Å². The van der Waals surface area contributed by atoms with Gasteiger partial charge in [0.1, 0.15) is 0 Å². The average Bonchev–Trinajstić information content (AvgIpc) is 3.73. The van der Waals surface area contributed by atoms with Crippen LogP contribution >= 0.6 is 11.3 Å². The van der Waals surface area contributed by atoms with E-state index in [4.69, 9.17) is 4.98 Å². The molecule has 0 radical (unpaired) electrons. The van der Waals surface area contributed by atoms with Crippen LogP contribution in [0.15, 0.2) is 207 Å². The summed E-state index contributed by atoms with van der Waals surface area (Å²) in [7, 11) is 4.36. The van der Waals surface area contributed by atoms with Gasteiger partial charge in [-0.3, -0.25) is 4.98 Å². The van der Waals surface area contributed by atoms with E-state index >= 15 is 0 Å². The number of hydrogen-bond acceptors (Lipinski definition) is 5. The molecule has 2 atom stereocenters. The molecule has 0 bridgehead atoms. The van der Waals surface area contributed by atoms with Crippen LogP contribution in [0.2, 0.25) is 0 Å². The van der Waals surface area contributed by atoms with Crippen molar-refractivity contribution in [2.45, 2.75) is 12.1 Å². The molecule has 5 heterocycles. The van der Waals surface area contributed by atoms with E-state index in [9.17, 15) is 0 Å². The Balaban J connectivity index is 0.924. The fourth-order valence-corrected chi connectivity index (χ4v) is 11.3. The molecule has 0 N–H and O–H groups in total. The first-order chi connectivity index (χ1) is 31.1. The van der Waals surface area contributed by atoms with E-state index in [2.05, 4.69) is 211 Å². The fraction of sp³-hybridized carbons (Fsp3) is 0.0690. The van der Waals surface area contributed by atoms with Gasteiger partial charge < -0.3 is 9.80 Å². The van der Waals surface area contributed by atoms with Crippen LogP contribution in [-0.2, 0) is 0 Å². The number of pyridine rings is 2. The molecule has 63 heavy (non-hydrogen) atoms. The Hall–Kier alpha value is -7.60. The maximum absolute atomic E-state index is 5.12. The van der Waals surface area contributed by atoms with Crippen LogP contribution in [-0.4, -0.2) is 29.0 Å². The molecular formula is C58H42N4S. The Morgan fingerprint density at radius 2 is 1.27 bits per heavy atom. The van der Waals surface area contributed by atoms with Gasteiger partial charge in [-0.2, -0.15) is 0 Å². The summed E-state index contributed by atoms with van der Waals surface area (Å²) in [6.07, 6.45) is 10.3. The van der Waals surface area contributed by atoms with Gasteiger partial charge in [0, 0.05) is 52.1 Å². The summed E-state index contributed by atoms with van der Waals surface area (Å²) in [4.78, 5) is 15.8. The zero-order valence-electron chi connectivity index (χ0n) is 35.0. The standard InChI is InChI=1S/C58H42N4S/c1-61-31-12-10-22-54(61)52-36-43(35-51(60-52)50-21-9-11-30-59-50)38-26-24-37(25-27-38)39-15-13-16-42(32-39)57-58-56(47-20-7-8-23-55(47)63-58)49-34-41(28-29-53(49)62(57)2)48-33-40-14-3-4-17-44(40)45-18-5-6-19-46(45)48/h3-36,54,57H,1-2H3. The predicted octanol–water partition coefficient (Wildman–Crippen LogP) is 14.9. The first kappa shape index (κ1) is 37.2. The first-order valence-corrected chi connectivity index (χ1v) is 22.4. The summed E-state index contributed by atoms with van der Waals surface area (Å²) >= 11 is 1.93. The van der Waals surface area contributed by atoms with Crippen LogP contribution in [0.5, 0.6) is 0 Å². The van der Waals surface area contributed by atoms with E-state index in [0.717, 1.165) is 28.2 Å². The summed E-state index contributed by atoms with van der Waals surface area (Å²) in [6, 6.07) is 64.6. The van der Waals surface area contributed by atoms with Crippen molar-refractivity contribution >= 4 is 48.7 Å². The Morgan fingerprint density at radius 1 is 0.524 bits per heavy atom. The van der Waals surface area contributed by atoms with Crippen LogP contribution < -0.4 is 4.90 Å². The number of anilines is 1. The third-order valence-electron chi connectivity index (χ3n) is 13.0. The van der Waals surface area contributed by atoms with E-state index in [-0.39, 0.29) is 12.1 Å². The maximum atomic E-state index is 5.12. The van der Waals surface area contributed by atoms with Crippen molar-refractivity contribution in [2.75, 3.05) is 19.0 Å². The van der Waals surface area contributed by atoms with Crippen molar-refractivity contribution in [3.05, 3.63) is 223 Å². The molecular weight excluding hydrogens is 785 g/mol. The third-order valence-corrected chi connectivity index (χ3v) is 14.2. The van der Waals surface area contributed by atoms with Gasteiger partial charge in [0.25, 0.3) is 0 Å². The first-order valence-electron chi connectivity index (χ1n) is 21.6. The van der Waals surface area contributed by atoms with Crippen LogP contribution in [0.1, 0.15) is 28.2 Å². The van der Waals surface area contributed by atoms with E-state index in [0.29, 0.717) is 0 Å². The molecule has 4 nitrogen and oxygen atoms in total. The molecule has 3 aromatic heterocycles. The number of rotatable bonds is 6. The molecule has 0 aliphatic carbocycles. The molecule has 2 aliphatic rings. The highest BCUT2D eigenvalue weighted by molar-refractivity contribution is 7.19. The van der Waals surface area contributed by atoms with E-state index < -0.39 is 0 Å². The van der Waals surface area contributed by atoms with E-state index in [1.165, 1.54) is 81.1 Å². The lowest BCUT2D eigenvalue weighted by molar-refractivity contribution is 0.383. The van der Waals surface area contributed by atoms with Crippen LogP contribution in [0.25, 0.3) is 87.5 Å². The van der Waals surface area contributed by atoms with E-state index in [1.54, 1.807) is 0 Å². The molecule has 300 valence electrons. The molecule has 0 saturated carbocycles. The minimum absolute atomic E-state index is 0.0396. The number of nitrogens with zero attached hydrogens (tertiary/aromatic N) is 4. The van der Waals surface area contributed by atoms with Crippen molar-refractivity contribution in [3.8, 4) is 55.9 Å². The Morgan fingerprint density at radius 3 is 2.10 bits per heavy atom. The minimum Gasteiger partial charge on any atom is -0.368 e. The maximum Gasteiger partial charge on any atom is 0.0896 e. The molecule has 10 aromatic rings. The second kappa shape index (κ2) is 15.1. The Labute approximate surface area is 371 Å². The van der Waals surface area contributed by atoms with Crippen LogP contribution in [0, 0.1) is 0 Å². The molecule has 0 fully saturated rings. The molecule has 5 heteroatoms. The number of likely N-dealkylation sites (N-methyl/N-ethyl adjacent to an activating group) is 1. The van der Waals surface area contributed by atoms with Gasteiger partial charge in [0.05, 0.1) is 29.2 Å². The molecule has 0 amide bonds. The number of thiophene rings is 1. The fourth-order valence-electron chi connectivity index (χ4n) is 9.88. The smallest absolute Gasteiger partial charge is 0.0896 e. The molecule has 2 unspecified atom stereocenters. The van der Waals surface area contributed by atoms with Gasteiger partial charge in [-0.15, -0.1) is 11.3 Å². The SMILES string of the molecule is CN1C=CC=CC1c1cc(-c2ccc(-c3cccc(C4c5sc6ccccc6c5-c5cc(-c6cc7ccccc7c7ccccc67)ccc5N4C)c3)cc2)cc(-c2ccccn2)n1. The zero-order valence-corrected chi connectivity index (χ0v) is 35.8. The van der Waals surface area contributed by atoms with Crippen molar-refractivity contribution < 1.29 is 0 Å². The highest BCUT2D eigenvalue weighted by Crippen LogP contribution is 2.54. The molecule has 2 aliphatic heterocycles. The van der Waals surface area contributed by atoms with Gasteiger partial charge in [-0.25, -0.2) is 4.98 Å². The summed E-state index contributed by atoms with van der Waals surface area (Å²) in [5.41, 5.74) is 15.0. The second-order valence-corrected chi connectivity index (χ2v) is 17.8. The van der Waals surface area contributed by atoms with Crippen LogP contribution in [0.3, 0.4) is 0 Å². The summed E-state index contributed by atoms with van der Waals surface area (Å²) in [5, 5.41) is 6.43. The van der Waals surface area contributed by atoms with Crippen molar-refractivity contribution in [1.29, 1.82) is 0 Å². The second-order valence-electron chi connectivity index (χ2n) is 16.7. The number of aromatic nitrogens is 2. The number of fused-ring (bicyclic) bond motifs is 8. The quantitative estimate of drug-likeness (QED) is 0.156. The van der Waals surface area contributed by atoms with Crippen molar-refractivity contribution in [3.63, 3.8) is 0 Å². The Kier molecular flexibility index (Phi) is 8.91. The van der Waals surface area contributed by atoms with Crippen molar-refractivity contribution in [2.24, 2.45) is 0 Å². The minimum atomic E-state index is 0.0396. The predicted molar refractivity (Wildman–Crippen MR) is 265 cm³/mol. The lowest BCUT2D eigenvalue weighted by atomic mass is 9.86. The average molecular weight is 827 g/mol. The zero-order chi connectivity index (χ0) is 42.0. The summed E-state index contributed by atoms with van der Waals surface area (Å²) in [5.74, 6) is 0. The largest absolute Gasteiger partial charge is 0.368 e. The molecule has 12 rings (SSSR count). The van der Waals surface area contributed by atoms with Crippen molar-refractivity contribution in [1.82, 2.24) is 14.9 Å². The van der Waals surface area contributed by atoms with Gasteiger partial charge in [0.2, 0.25) is 0 Å². The summed E-state index contributed by atoms with van der Waals surface area (Å²) < 4.78 is 1.31. The monoisotopic (exact) mass is 826 g/mol. The molecule has 0 spiro atoms. The van der Waals surface area contributed by atoms with Crippen LogP contribution in [0.4, 0.5) is 5.69 Å². The lowest BCUT2D eigenvalue weighted by Crippen LogP contribution is -2.28. The lowest BCUT2D eigenvalue weighted by Gasteiger charge is -2.37. The molecule has 7 aromatic carbocycles. The van der Waals surface area contributed by atoms with E-state index in [1.807, 2.05) is 35.7 Å². The van der Waals surface area contributed by atoms with Gasteiger partial charge in [-0.05, 0) is 127 Å². The number of allylic oxidation sites excluding steroid dienone is 2. The normalized spacial score (nSPS) is 15.6. The summed E-state index contributed by atoms with van der Waals surface area (Å²) in [6.45, 7) is 0. The van der Waals surface area contributed by atoms with Gasteiger partial charge >= 0.3 is 0 Å². The highest BCUT2D eigenvalue weighted by Gasteiger charge is 2.34. The topological polar surface area (TPSA) is 32.3 Å². The highest BCUT2D eigenvalue weighted by atomic mass is 32.1. The molecule has 0 saturated heterocycles. The Bertz CT molecular complexity index is 3460. The third kappa shape index (κ3) is 6.35. The number of benzene rings is 7.